The number of nitrogens with zero attached hydrogens (tertiary/aromatic N) is 1. The molecule has 0 unspecified atom stereocenters. The molecule has 0 spiro atoms. The predicted molar refractivity (Wildman–Crippen MR) is 75.1 cm³/mol. The number of carbonyl (C=O) groups is 2. The highest BCUT2D eigenvalue weighted by molar-refractivity contribution is 7.88. The van der Waals surface area contributed by atoms with Crippen molar-refractivity contribution in [1.29, 1.82) is 0 Å². The van der Waals surface area contributed by atoms with Crippen molar-refractivity contribution in [3.63, 3.8) is 0 Å². The summed E-state index contributed by atoms with van der Waals surface area (Å²) in [5.74, 6) is -0.598. The molecular formula is C12H22N2O6S. The number of likely N-dealkylation sites (tertiary alicyclic amines) is 1. The van der Waals surface area contributed by atoms with Crippen LogP contribution in [0.25, 0.3) is 0 Å². The fourth-order valence-corrected chi connectivity index (χ4v) is 2.88. The largest absolute Gasteiger partial charge is 0.467 e. The first-order valence-electron chi connectivity index (χ1n) is 6.47. The fraction of sp³-hybridized carbons (Fsp3) is 0.833. The first-order chi connectivity index (χ1) is 9.43. The number of hydrogen-bond donors (Lipinski definition) is 1. The van der Waals surface area contributed by atoms with Gasteiger partial charge in [-0.15, -0.1) is 0 Å². The lowest BCUT2D eigenvalue weighted by Gasteiger charge is -2.27. The van der Waals surface area contributed by atoms with Crippen LogP contribution in [-0.2, 0) is 24.3 Å². The summed E-state index contributed by atoms with van der Waals surface area (Å²) in [6.07, 6.45) is 0.505. The zero-order chi connectivity index (χ0) is 16.4. The van der Waals surface area contributed by atoms with Crippen LogP contribution in [0.5, 0.6) is 0 Å². The molecule has 0 bridgehead atoms. The van der Waals surface area contributed by atoms with Gasteiger partial charge in [-0.05, 0) is 27.2 Å². The molecular weight excluding hydrogens is 300 g/mol. The topological polar surface area (TPSA) is 102 Å². The first-order valence-corrected chi connectivity index (χ1v) is 8.37. The highest BCUT2D eigenvalue weighted by Gasteiger charge is 2.42. The molecule has 0 saturated carbocycles. The molecule has 2 atom stereocenters. The summed E-state index contributed by atoms with van der Waals surface area (Å²) in [6.45, 7) is 5.18. The average molecular weight is 322 g/mol. The summed E-state index contributed by atoms with van der Waals surface area (Å²) in [7, 11) is -2.21. The maximum atomic E-state index is 12.1. The van der Waals surface area contributed by atoms with Crippen LogP contribution in [0.1, 0.15) is 27.2 Å². The molecule has 1 fully saturated rings. The Bertz CT molecular complexity index is 510. The lowest BCUT2D eigenvalue weighted by atomic mass is 10.2. The summed E-state index contributed by atoms with van der Waals surface area (Å²) in [4.78, 5) is 25.1. The molecule has 0 radical (unpaired) electrons. The second kappa shape index (κ2) is 6.18. The number of esters is 1. The zero-order valence-electron chi connectivity index (χ0n) is 12.9. The van der Waals surface area contributed by atoms with E-state index in [1.54, 1.807) is 20.8 Å². The van der Waals surface area contributed by atoms with Gasteiger partial charge in [-0.25, -0.2) is 22.7 Å². The molecule has 0 aromatic heterocycles. The van der Waals surface area contributed by atoms with Crippen molar-refractivity contribution in [3.05, 3.63) is 0 Å². The van der Waals surface area contributed by atoms with Gasteiger partial charge in [0.25, 0.3) is 0 Å². The van der Waals surface area contributed by atoms with Crippen molar-refractivity contribution in [1.82, 2.24) is 9.62 Å². The molecule has 1 heterocycles. The van der Waals surface area contributed by atoms with Gasteiger partial charge in [0.2, 0.25) is 10.0 Å². The van der Waals surface area contributed by atoms with Crippen molar-refractivity contribution in [3.8, 4) is 0 Å². The number of rotatable bonds is 3. The summed E-state index contributed by atoms with van der Waals surface area (Å²) in [5, 5.41) is 0. The van der Waals surface area contributed by atoms with Crippen LogP contribution in [0.3, 0.4) is 0 Å². The van der Waals surface area contributed by atoms with E-state index < -0.39 is 39.8 Å². The van der Waals surface area contributed by atoms with Crippen LogP contribution in [0.4, 0.5) is 4.79 Å². The Kier molecular flexibility index (Phi) is 5.21. The van der Waals surface area contributed by atoms with Crippen LogP contribution in [0.2, 0.25) is 0 Å². The number of ether oxygens (including phenoxy) is 2. The first kappa shape index (κ1) is 17.7. The van der Waals surface area contributed by atoms with E-state index in [-0.39, 0.29) is 13.0 Å². The van der Waals surface area contributed by atoms with Crippen LogP contribution in [-0.4, -0.2) is 63.0 Å². The number of sulfonamides is 1. The second-order valence-electron chi connectivity index (χ2n) is 5.99. The summed E-state index contributed by atoms with van der Waals surface area (Å²) >= 11 is 0. The maximum absolute atomic E-state index is 12.1. The molecule has 1 amide bonds. The molecule has 8 nitrogen and oxygen atoms in total. The van der Waals surface area contributed by atoms with Crippen LogP contribution in [0.15, 0.2) is 0 Å². The van der Waals surface area contributed by atoms with Gasteiger partial charge in [0.1, 0.15) is 11.6 Å². The van der Waals surface area contributed by atoms with Crippen molar-refractivity contribution < 1.29 is 27.5 Å². The van der Waals surface area contributed by atoms with E-state index in [2.05, 4.69) is 9.46 Å². The van der Waals surface area contributed by atoms with E-state index in [0.29, 0.717) is 0 Å². The molecule has 1 N–H and O–H groups in total. The Morgan fingerprint density at radius 3 is 2.29 bits per heavy atom. The second-order valence-corrected chi connectivity index (χ2v) is 7.77. The molecule has 21 heavy (non-hydrogen) atoms. The number of amides is 1. The summed E-state index contributed by atoms with van der Waals surface area (Å²) in [5.41, 5.74) is -0.708. The van der Waals surface area contributed by atoms with Crippen LogP contribution >= 0.6 is 0 Å². The van der Waals surface area contributed by atoms with E-state index in [0.717, 1.165) is 6.26 Å². The highest BCUT2D eigenvalue weighted by atomic mass is 32.2. The lowest BCUT2D eigenvalue weighted by molar-refractivity contribution is -0.145. The number of carbonyl (C=O) groups excluding carboxylic acids is 2. The standard InChI is InChI=1S/C12H22N2O6S/c1-12(2,3)20-11(16)14-7-8(13-21(5,17)18)6-9(14)10(15)19-4/h8-9,13H,6-7H2,1-5H3/t8-,9-/m0/s1. The van der Waals surface area contributed by atoms with Gasteiger partial charge >= 0.3 is 12.1 Å². The minimum atomic E-state index is -3.43. The molecule has 9 heteroatoms. The molecule has 0 aliphatic carbocycles. The quantitative estimate of drug-likeness (QED) is 0.739. The zero-order valence-corrected chi connectivity index (χ0v) is 13.7. The third-order valence-corrected chi connectivity index (χ3v) is 3.54. The third-order valence-electron chi connectivity index (χ3n) is 2.78. The predicted octanol–water partition coefficient (Wildman–Crippen LogP) is 0.0866. The van der Waals surface area contributed by atoms with E-state index in [4.69, 9.17) is 4.74 Å². The normalized spacial score (nSPS) is 23.0. The Morgan fingerprint density at radius 1 is 1.29 bits per heavy atom. The number of nitrogens with one attached hydrogen (secondary N) is 1. The lowest BCUT2D eigenvalue weighted by Crippen LogP contribution is -2.44. The van der Waals surface area contributed by atoms with Gasteiger partial charge < -0.3 is 9.47 Å². The molecule has 1 aliphatic rings. The molecule has 0 aromatic rings. The minimum absolute atomic E-state index is 0.0573. The summed E-state index contributed by atoms with van der Waals surface area (Å²) < 4.78 is 34.8. The minimum Gasteiger partial charge on any atom is -0.467 e. The maximum Gasteiger partial charge on any atom is 0.411 e. The molecule has 1 aliphatic heterocycles. The van der Waals surface area contributed by atoms with Crippen LogP contribution < -0.4 is 4.72 Å². The number of hydrogen-bond acceptors (Lipinski definition) is 6. The number of methoxy groups -OCH3 is 1. The molecule has 1 saturated heterocycles. The van der Waals surface area contributed by atoms with Crippen LogP contribution in [0, 0.1) is 0 Å². The highest BCUT2D eigenvalue weighted by Crippen LogP contribution is 2.22. The van der Waals surface area contributed by atoms with Gasteiger partial charge in [0, 0.05) is 12.6 Å². The van der Waals surface area contributed by atoms with Gasteiger partial charge in [-0.2, -0.15) is 0 Å². The monoisotopic (exact) mass is 322 g/mol. The van der Waals surface area contributed by atoms with Crippen molar-refractivity contribution in [2.24, 2.45) is 0 Å². The van der Waals surface area contributed by atoms with Crippen molar-refractivity contribution in [2.45, 2.75) is 44.9 Å². The van der Waals surface area contributed by atoms with E-state index in [9.17, 15) is 18.0 Å². The Balaban J connectivity index is 2.88. The molecule has 1 rings (SSSR count). The fourth-order valence-electron chi connectivity index (χ4n) is 2.11. The Labute approximate surface area is 124 Å². The molecule has 0 aromatic carbocycles. The molecule has 122 valence electrons. The SMILES string of the molecule is COC(=O)[C@@H]1C[C@H](NS(C)(=O)=O)CN1C(=O)OC(C)(C)C. The van der Waals surface area contributed by atoms with E-state index >= 15 is 0 Å². The van der Waals surface area contributed by atoms with E-state index in [1.807, 2.05) is 0 Å². The average Bonchev–Trinajstić information content (AvgIpc) is 2.67. The van der Waals surface area contributed by atoms with Gasteiger partial charge in [0.05, 0.1) is 13.4 Å². The summed E-state index contributed by atoms with van der Waals surface area (Å²) in [6, 6.07) is -1.40. The Morgan fingerprint density at radius 2 is 1.86 bits per heavy atom. The third kappa shape index (κ3) is 5.50. The van der Waals surface area contributed by atoms with Gasteiger partial charge in [-0.1, -0.05) is 0 Å². The van der Waals surface area contributed by atoms with Crippen molar-refractivity contribution in [2.75, 3.05) is 19.9 Å². The van der Waals surface area contributed by atoms with Crippen molar-refractivity contribution >= 4 is 22.1 Å². The van der Waals surface area contributed by atoms with Gasteiger partial charge in [-0.3, -0.25) is 4.90 Å². The Hall–Kier alpha value is -1.35. The smallest absolute Gasteiger partial charge is 0.411 e. The van der Waals surface area contributed by atoms with Gasteiger partial charge in [0.15, 0.2) is 0 Å². The van der Waals surface area contributed by atoms with E-state index in [1.165, 1.54) is 12.0 Å².